The van der Waals surface area contributed by atoms with E-state index in [0.29, 0.717) is 0 Å². The lowest BCUT2D eigenvalue weighted by atomic mass is 10.1. The van der Waals surface area contributed by atoms with E-state index in [1.807, 2.05) is 36.0 Å². The van der Waals surface area contributed by atoms with Crippen molar-refractivity contribution in [3.63, 3.8) is 0 Å². The van der Waals surface area contributed by atoms with E-state index >= 15 is 0 Å². The Morgan fingerprint density at radius 3 is 2.87 bits per heavy atom. The third-order valence-electron chi connectivity index (χ3n) is 2.45. The molecule has 78 valence electrons. The minimum absolute atomic E-state index is 0.0830. The van der Waals surface area contributed by atoms with Crippen LogP contribution in [0.5, 0.6) is 0 Å². The van der Waals surface area contributed by atoms with Gasteiger partial charge in [0.2, 0.25) is 0 Å². The first kappa shape index (κ1) is 10.5. The van der Waals surface area contributed by atoms with Crippen LogP contribution in [0.3, 0.4) is 0 Å². The highest BCUT2D eigenvalue weighted by Crippen LogP contribution is 2.24. The van der Waals surface area contributed by atoms with E-state index in [2.05, 4.69) is 22.6 Å². The van der Waals surface area contributed by atoms with Crippen molar-refractivity contribution in [2.75, 3.05) is 0 Å². The molecule has 2 rings (SSSR count). The van der Waals surface area contributed by atoms with Gasteiger partial charge >= 0.3 is 5.97 Å². The molecule has 0 saturated heterocycles. The number of hydrogen-bond donors (Lipinski definition) is 1. The molecule has 1 aromatic heterocycles. The molecule has 1 aromatic carbocycles. The number of carboxylic acid groups (broad SMARTS) is 1. The number of aliphatic carboxylic acids is 1. The third kappa shape index (κ3) is 1.86. The lowest BCUT2D eigenvalue weighted by Gasteiger charge is -2.04. The first-order chi connectivity index (χ1) is 7.09. The summed E-state index contributed by atoms with van der Waals surface area (Å²) in [5.41, 5.74) is 1.98. The van der Waals surface area contributed by atoms with Gasteiger partial charge in [-0.05, 0) is 46.4 Å². The number of hydrogen-bond acceptors (Lipinski definition) is 1. The normalized spacial score (nSPS) is 10.8. The SMILES string of the molecule is Cn1ccc2c(CC(=O)O)c(I)ccc21. The van der Waals surface area contributed by atoms with Gasteiger partial charge < -0.3 is 9.67 Å². The molecule has 0 fully saturated rings. The number of aromatic nitrogens is 1. The number of rotatable bonds is 2. The van der Waals surface area contributed by atoms with Crippen molar-refractivity contribution in [2.45, 2.75) is 6.42 Å². The van der Waals surface area contributed by atoms with Crippen LogP contribution in [0, 0.1) is 3.57 Å². The Kier molecular flexibility index (Phi) is 2.68. The fraction of sp³-hybridized carbons (Fsp3) is 0.182. The summed E-state index contributed by atoms with van der Waals surface area (Å²) in [5, 5.41) is 9.88. The first-order valence-corrected chi connectivity index (χ1v) is 5.61. The van der Waals surface area contributed by atoms with Gasteiger partial charge in [0.15, 0.2) is 0 Å². The van der Waals surface area contributed by atoms with Gasteiger partial charge in [0, 0.05) is 27.7 Å². The second kappa shape index (κ2) is 3.84. The number of benzene rings is 1. The van der Waals surface area contributed by atoms with Gasteiger partial charge in [-0.3, -0.25) is 4.79 Å². The summed E-state index contributed by atoms with van der Waals surface area (Å²) in [6.45, 7) is 0. The largest absolute Gasteiger partial charge is 0.481 e. The van der Waals surface area contributed by atoms with Crippen LogP contribution < -0.4 is 0 Å². The molecule has 0 amide bonds. The topological polar surface area (TPSA) is 42.2 Å². The molecule has 0 aliphatic rings. The van der Waals surface area contributed by atoms with Crippen LogP contribution in [0.25, 0.3) is 10.9 Å². The highest BCUT2D eigenvalue weighted by Gasteiger charge is 2.10. The predicted octanol–water partition coefficient (Wildman–Crippen LogP) is 2.41. The molecule has 2 aromatic rings. The average Bonchev–Trinajstić information content (AvgIpc) is 2.52. The second-order valence-corrected chi connectivity index (χ2v) is 4.62. The molecular formula is C11H10INO2. The molecule has 0 aliphatic heterocycles. The number of carboxylic acids is 1. The maximum absolute atomic E-state index is 10.8. The zero-order valence-corrected chi connectivity index (χ0v) is 10.4. The molecule has 0 bridgehead atoms. The quantitative estimate of drug-likeness (QED) is 0.865. The number of nitrogens with zero attached hydrogens (tertiary/aromatic N) is 1. The van der Waals surface area contributed by atoms with E-state index in [-0.39, 0.29) is 6.42 Å². The van der Waals surface area contributed by atoms with Gasteiger partial charge in [0.1, 0.15) is 0 Å². The van der Waals surface area contributed by atoms with Crippen molar-refractivity contribution in [2.24, 2.45) is 7.05 Å². The zero-order valence-electron chi connectivity index (χ0n) is 8.20. The predicted molar refractivity (Wildman–Crippen MR) is 67.0 cm³/mol. The first-order valence-electron chi connectivity index (χ1n) is 4.54. The Balaban J connectivity index is 2.68. The monoisotopic (exact) mass is 315 g/mol. The Labute approximate surface area is 101 Å². The Morgan fingerprint density at radius 2 is 2.20 bits per heavy atom. The third-order valence-corrected chi connectivity index (χ3v) is 3.46. The maximum Gasteiger partial charge on any atom is 0.307 e. The molecular weight excluding hydrogens is 305 g/mol. The Bertz CT molecular complexity index is 531. The van der Waals surface area contributed by atoms with E-state index in [4.69, 9.17) is 5.11 Å². The molecule has 1 N–H and O–H groups in total. The average molecular weight is 315 g/mol. The van der Waals surface area contributed by atoms with Crippen molar-refractivity contribution in [1.82, 2.24) is 4.57 Å². The lowest BCUT2D eigenvalue weighted by Crippen LogP contribution is -2.02. The van der Waals surface area contributed by atoms with Crippen LogP contribution in [0.1, 0.15) is 5.56 Å². The molecule has 0 unspecified atom stereocenters. The Hall–Kier alpha value is -1.04. The van der Waals surface area contributed by atoms with Gasteiger partial charge in [0.25, 0.3) is 0 Å². The molecule has 3 nitrogen and oxygen atoms in total. The van der Waals surface area contributed by atoms with E-state index < -0.39 is 5.97 Å². The smallest absolute Gasteiger partial charge is 0.307 e. The molecule has 0 atom stereocenters. The van der Waals surface area contributed by atoms with Gasteiger partial charge in [-0.15, -0.1) is 0 Å². The van der Waals surface area contributed by atoms with Crippen LogP contribution in [0.2, 0.25) is 0 Å². The number of carbonyl (C=O) groups is 1. The summed E-state index contributed by atoms with van der Waals surface area (Å²) < 4.78 is 3.00. The van der Waals surface area contributed by atoms with Crippen molar-refractivity contribution in [1.29, 1.82) is 0 Å². The van der Waals surface area contributed by atoms with Crippen molar-refractivity contribution >= 4 is 39.5 Å². The summed E-state index contributed by atoms with van der Waals surface area (Å²) in [7, 11) is 1.96. The summed E-state index contributed by atoms with van der Waals surface area (Å²) >= 11 is 2.18. The number of halogens is 1. The molecule has 15 heavy (non-hydrogen) atoms. The van der Waals surface area contributed by atoms with E-state index in [9.17, 15) is 4.79 Å². The van der Waals surface area contributed by atoms with Crippen LogP contribution in [-0.4, -0.2) is 15.6 Å². The zero-order chi connectivity index (χ0) is 11.0. The van der Waals surface area contributed by atoms with E-state index in [1.54, 1.807) is 0 Å². The minimum Gasteiger partial charge on any atom is -0.481 e. The molecule has 0 saturated carbocycles. The van der Waals surface area contributed by atoms with Gasteiger partial charge in [0.05, 0.1) is 6.42 Å². The van der Waals surface area contributed by atoms with Gasteiger partial charge in [-0.1, -0.05) is 0 Å². The molecule has 1 heterocycles. The maximum atomic E-state index is 10.8. The van der Waals surface area contributed by atoms with E-state index in [1.165, 1.54) is 0 Å². The molecule has 0 aliphatic carbocycles. The molecule has 0 spiro atoms. The van der Waals surface area contributed by atoms with Crippen LogP contribution in [0.15, 0.2) is 24.4 Å². The summed E-state index contributed by atoms with van der Waals surface area (Å²) in [4.78, 5) is 10.8. The van der Waals surface area contributed by atoms with Crippen molar-refractivity contribution in [3.05, 3.63) is 33.5 Å². The van der Waals surface area contributed by atoms with Crippen LogP contribution >= 0.6 is 22.6 Å². The lowest BCUT2D eigenvalue weighted by molar-refractivity contribution is -0.136. The van der Waals surface area contributed by atoms with Crippen molar-refractivity contribution < 1.29 is 9.90 Å². The highest BCUT2D eigenvalue weighted by atomic mass is 127. The Morgan fingerprint density at radius 1 is 1.47 bits per heavy atom. The van der Waals surface area contributed by atoms with Gasteiger partial charge in [-0.2, -0.15) is 0 Å². The number of aryl methyl sites for hydroxylation is 1. The summed E-state index contributed by atoms with van der Waals surface area (Å²) in [5.74, 6) is -0.788. The van der Waals surface area contributed by atoms with Crippen molar-refractivity contribution in [3.8, 4) is 0 Å². The molecule has 4 heteroatoms. The van der Waals surface area contributed by atoms with Crippen LogP contribution in [0.4, 0.5) is 0 Å². The molecule has 0 radical (unpaired) electrons. The van der Waals surface area contributed by atoms with E-state index in [0.717, 1.165) is 20.0 Å². The minimum atomic E-state index is -0.788. The second-order valence-electron chi connectivity index (χ2n) is 3.46. The summed E-state index contributed by atoms with van der Waals surface area (Å²) in [6, 6.07) is 5.94. The fourth-order valence-corrected chi connectivity index (χ4v) is 2.38. The standard InChI is InChI=1S/C11H10INO2/c1-13-5-4-7-8(6-11(14)15)9(12)2-3-10(7)13/h2-5H,6H2,1H3,(H,14,15). The highest BCUT2D eigenvalue weighted by molar-refractivity contribution is 14.1. The number of fused-ring (bicyclic) bond motifs is 1. The fourth-order valence-electron chi connectivity index (χ4n) is 1.72. The summed E-state index contributed by atoms with van der Waals surface area (Å²) in [6.07, 6.45) is 2.03. The van der Waals surface area contributed by atoms with Gasteiger partial charge in [-0.25, -0.2) is 0 Å². The van der Waals surface area contributed by atoms with Crippen LogP contribution in [-0.2, 0) is 18.3 Å².